The second-order valence-corrected chi connectivity index (χ2v) is 8.66. The molecule has 9 heteroatoms. The zero-order valence-electron chi connectivity index (χ0n) is 18.5. The van der Waals surface area contributed by atoms with E-state index in [1.807, 2.05) is 65.2 Å². The number of aromatic nitrogens is 3. The minimum Gasteiger partial charge on any atom is -0.495 e. The molecule has 0 aliphatic carbocycles. The average molecular weight is 495 g/mol. The molecule has 0 aliphatic heterocycles. The van der Waals surface area contributed by atoms with Gasteiger partial charge >= 0.3 is 0 Å². The third-order valence-electron chi connectivity index (χ3n) is 4.84. The number of rotatable bonds is 10. The summed E-state index contributed by atoms with van der Waals surface area (Å²) in [5, 5.41) is 12.9. The Morgan fingerprint density at radius 1 is 1.00 bits per heavy atom. The summed E-state index contributed by atoms with van der Waals surface area (Å²) in [6.07, 6.45) is 0.307. The molecule has 0 aliphatic rings. The van der Waals surface area contributed by atoms with Gasteiger partial charge in [0.25, 0.3) is 0 Å². The fourth-order valence-corrected chi connectivity index (χ4v) is 4.23. The van der Waals surface area contributed by atoms with E-state index in [2.05, 4.69) is 15.5 Å². The third kappa shape index (κ3) is 6.09. The van der Waals surface area contributed by atoms with Gasteiger partial charge in [0.2, 0.25) is 5.91 Å². The largest absolute Gasteiger partial charge is 0.495 e. The Labute approximate surface area is 207 Å². The fraction of sp³-hybridized carbons (Fsp3) is 0.160. The van der Waals surface area contributed by atoms with Crippen molar-refractivity contribution in [2.24, 2.45) is 0 Å². The van der Waals surface area contributed by atoms with Gasteiger partial charge in [-0.15, -0.1) is 10.2 Å². The van der Waals surface area contributed by atoms with Gasteiger partial charge in [-0.3, -0.25) is 9.36 Å². The van der Waals surface area contributed by atoms with Crippen LogP contribution in [0.3, 0.4) is 0 Å². The van der Waals surface area contributed by atoms with Crippen LogP contribution in [0.5, 0.6) is 11.5 Å². The summed E-state index contributed by atoms with van der Waals surface area (Å²) < 4.78 is 13.1. The second-order valence-electron chi connectivity index (χ2n) is 7.16. The number of nitrogens with one attached hydrogen (secondary N) is 1. The van der Waals surface area contributed by atoms with Crippen LogP contribution in [-0.4, -0.2) is 33.5 Å². The molecule has 174 valence electrons. The number of amides is 1. The molecule has 4 aromatic rings. The highest BCUT2D eigenvalue weighted by Gasteiger charge is 2.16. The molecule has 1 aromatic heterocycles. The summed E-state index contributed by atoms with van der Waals surface area (Å²) in [5.74, 6) is 2.40. The maximum atomic E-state index is 12.5. The van der Waals surface area contributed by atoms with Crippen molar-refractivity contribution in [1.82, 2.24) is 14.8 Å². The molecule has 1 amide bonds. The first-order chi connectivity index (χ1) is 16.6. The first kappa shape index (κ1) is 23.7. The number of benzene rings is 3. The zero-order chi connectivity index (χ0) is 23.8. The van der Waals surface area contributed by atoms with Gasteiger partial charge < -0.3 is 14.8 Å². The Morgan fingerprint density at radius 2 is 1.74 bits per heavy atom. The van der Waals surface area contributed by atoms with Gasteiger partial charge in [0.15, 0.2) is 11.0 Å². The maximum Gasteiger partial charge on any atom is 0.225 e. The number of halogens is 1. The summed E-state index contributed by atoms with van der Waals surface area (Å²) in [4.78, 5) is 12.5. The van der Waals surface area contributed by atoms with E-state index in [1.54, 1.807) is 25.3 Å². The molecule has 0 fully saturated rings. The molecule has 7 nitrogen and oxygen atoms in total. The first-order valence-corrected chi connectivity index (χ1v) is 11.9. The molecule has 3 aromatic carbocycles. The van der Waals surface area contributed by atoms with Crippen LogP contribution in [0.15, 0.2) is 84.0 Å². The Bertz CT molecular complexity index is 1230. The highest BCUT2D eigenvalue weighted by atomic mass is 35.5. The SMILES string of the molecule is COc1ccccc1NC(=O)CCSc1nnc(COc2ccc(Cl)cc2)n1-c1ccccc1. The minimum atomic E-state index is -0.103. The molecule has 1 heterocycles. The van der Waals surface area contributed by atoms with Crippen molar-refractivity contribution < 1.29 is 14.3 Å². The molecule has 0 radical (unpaired) electrons. The van der Waals surface area contributed by atoms with Crippen molar-refractivity contribution in [1.29, 1.82) is 0 Å². The van der Waals surface area contributed by atoms with Crippen LogP contribution in [0, 0.1) is 0 Å². The van der Waals surface area contributed by atoms with Gasteiger partial charge in [0.1, 0.15) is 18.1 Å². The van der Waals surface area contributed by atoms with Crippen LogP contribution in [0.1, 0.15) is 12.2 Å². The van der Waals surface area contributed by atoms with E-state index in [1.165, 1.54) is 11.8 Å². The summed E-state index contributed by atoms with van der Waals surface area (Å²) >= 11 is 7.41. The normalized spacial score (nSPS) is 10.6. The van der Waals surface area contributed by atoms with E-state index < -0.39 is 0 Å². The van der Waals surface area contributed by atoms with Crippen molar-refractivity contribution in [2.45, 2.75) is 18.2 Å². The van der Waals surface area contributed by atoms with E-state index in [-0.39, 0.29) is 12.5 Å². The fourth-order valence-electron chi connectivity index (χ4n) is 3.20. The van der Waals surface area contributed by atoms with Gasteiger partial charge in [-0.05, 0) is 48.5 Å². The topological polar surface area (TPSA) is 78.3 Å². The monoisotopic (exact) mass is 494 g/mol. The standard InChI is InChI=1S/C25H23ClN4O3S/c1-32-22-10-6-5-9-21(22)27-24(31)15-16-34-25-29-28-23(30(25)19-7-3-2-4-8-19)17-33-20-13-11-18(26)12-14-20/h2-14H,15-17H2,1H3,(H,27,31). The Hall–Kier alpha value is -3.49. The van der Waals surface area contributed by atoms with Crippen LogP contribution >= 0.6 is 23.4 Å². The molecule has 0 saturated carbocycles. The number of carbonyl (C=O) groups excluding carboxylic acids is 1. The number of methoxy groups -OCH3 is 1. The summed E-state index contributed by atoms with van der Waals surface area (Å²) in [5.41, 5.74) is 1.57. The lowest BCUT2D eigenvalue weighted by molar-refractivity contribution is -0.115. The summed E-state index contributed by atoms with van der Waals surface area (Å²) in [7, 11) is 1.57. The van der Waals surface area contributed by atoms with E-state index in [0.717, 1.165) is 5.69 Å². The van der Waals surface area contributed by atoms with Gasteiger partial charge in [0, 0.05) is 22.9 Å². The molecule has 0 saturated heterocycles. The zero-order valence-corrected chi connectivity index (χ0v) is 20.1. The smallest absolute Gasteiger partial charge is 0.225 e. The molecule has 34 heavy (non-hydrogen) atoms. The number of para-hydroxylation sites is 3. The van der Waals surface area contributed by atoms with E-state index in [4.69, 9.17) is 21.1 Å². The van der Waals surface area contributed by atoms with Crippen LogP contribution in [0.4, 0.5) is 5.69 Å². The van der Waals surface area contributed by atoms with Crippen molar-refractivity contribution in [3.8, 4) is 17.2 Å². The van der Waals surface area contributed by atoms with Gasteiger partial charge in [-0.2, -0.15) is 0 Å². The van der Waals surface area contributed by atoms with Crippen molar-refractivity contribution in [3.63, 3.8) is 0 Å². The Kier molecular flexibility index (Phi) is 8.06. The number of anilines is 1. The van der Waals surface area contributed by atoms with Gasteiger partial charge in [0.05, 0.1) is 12.8 Å². The molecule has 1 N–H and O–H groups in total. The Balaban J connectivity index is 1.42. The number of nitrogens with zero attached hydrogens (tertiary/aromatic N) is 3. The van der Waals surface area contributed by atoms with Crippen LogP contribution in [0.25, 0.3) is 5.69 Å². The molecular formula is C25H23ClN4O3S. The molecule has 0 bridgehead atoms. The summed E-state index contributed by atoms with van der Waals surface area (Å²) in [6, 6.07) is 24.3. The van der Waals surface area contributed by atoms with Crippen LogP contribution in [0.2, 0.25) is 5.02 Å². The third-order valence-corrected chi connectivity index (χ3v) is 6.02. The molecule has 4 rings (SSSR count). The number of hydrogen-bond donors (Lipinski definition) is 1. The van der Waals surface area contributed by atoms with Crippen molar-refractivity contribution in [3.05, 3.63) is 89.7 Å². The highest BCUT2D eigenvalue weighted by molar-refractivity contribution is 7.99. The number of ether oxygens (including phenoxy) is 2. The van der Waals surface area contributed by atoms with Crippen molar-refractivity contribution in [2.75, 3.05) is 18.2 Å². The lowest BCUT2D eigenvalue weighted by Crippen LogP contribution is -2.13. The lowest BCUT2D eigenvalue weighted by atomic mass is 10.3. The van der Waals surface area contributed by atoms with E-state index in [0.29, 0.717) is 45.4 Å². The van der Waals surface area contributed by atoms with Crippen LogP contribution < -0.4 is 14.8 Å². The molecule has 0 spiro atoms. The Morgan fingerprint density at radius 3 is 2.50 bits per heavy atom. The second kappa shape index (κ2) is 11.6. The van der Waals surface area contributed by atoms with Gasteiger partial charge in [-0.25, -0.2) is 0 Å². The number of thioether (sulfide) groups is 1. The maximum absolute atomic E-state index is 12.5. The minimum absolute atomic E-state index is 0.103. The summed E-state index contributed by atoms with van der Waals surface area (Å²) in [6.45, 7) is 0.234. The molecule has 0 unspecified atom stereocenters. The lowest BCUT2D eigenvalue weighted by Gasteiger charge is -2.12. The molecular weight excluding hydrogens is 472 g/mol. The van der Waals surface area contributed by atoms with E-state index >= 15 is 0 Å². The first-order valence-electron chi connectivity index (χ1n) is 10.6. The predicted octanol–water partition coefficient (Wildman–Crippen LogP) is 5.63. The van der Waals surface area contributed by atoms with Gasteiger partial charge in [-0.1, -0.05) is 53.7 Å². The quantitative estimate of drug-likeness (QED) is 0.288. The molecule has 0 atom stereocenters. The number of hydrogen-bond acceptors (Lipinski definition) is 6. The highest BCUT2D eigenvalue weighted by Crippen LogP contribution is 2.26. The van der Waals surface area contributed by atoms with Crippen LogP contribution in [-0.2, 0) is 11.4 Å². The predicted molar refractivity (Wildman–Crippen MR) is 134 cm³/mol. The van der Waals surface area contributed by atoms with E-state index in [9.17, 15) is 4.79 Å². The number of carbonyl (C=O) groups is 1. The average Bonchev–Trinajstić information content (AvgIpc) is 3.27. The van der Waals surface area contributed by atoms with Crippen molar-refractivity contribution >= 4 is 35.0 Å².